The number of amides is 1. The average Bonchev–Trinajstić information content (AvgIpc) is 3.16. The van der Waals surface area contributed by atoms with Crippen molar-refractivity contribution in [3.8, 4) is 0 Å². The molecule has 0 radical (unpaired) electrons. The van der Waals surface area contributed by atoms with Crippen LogP contribution >= 0.6 is 11.8 Å². The van der Waals surface area contributed by atoms with E-state index in [0.717, 1.165) is 65.5 Å². The van der Waals surface area contributed by atoms with Crippen LogP contribution in [0, 0.1) is 5.92 Å². The molecule has 0 aliphatic carbocycles. The van der Waals surface area contributed by atoms with Crippen LogP contribution in [0.2, 0.25) is 0 Å². The van der Waals surface area contributed by atoms with Gasteiger partial charge in [-0.15, -0.1) is 0 Å². The van der Waals surface area contributed by atoms with E-state index in [9.17, 15) is 4.79 Å². The Bertz CT molecular complexity index is 913. The van der Waals surface area contributed by atoms with Gasteiger partial charge in [0.05, 0.1) is 11.0 Å². The highest BCUT2D eigenvalue weighted by atomic mass is 32.2. The highest BCUT2D eigenvalue weighted by molar-refractivity contribution is 7.98. The number of nitrogens with one attached hydrogen (secondary N) is 2. The van der Waals surface area contributed by atoms with Crippen LogP contribution in [0.5, 0.6) is 0 Å². The number of aromatic amines is 1. The van der Waals surface area contributed by atoms with Gasteiger partial charge in [-0.05, 0) is 56.1 Å². The number of thioether (sulfide) groups is 1. The Balaban J connectivity index is 1.44. The van der Waals surface area contributed by atoms with Gasteiger partial charge < -0.3 is 15.2 Å². The largest absolute Gasteiger partial charge is 0.339 e. The molecule has 1 aliphatic heterocycles. The summed E-state index contributed by atoms with van der Waals surface area (Å²) in [5.41, 5.74) is 3.89. The number of nitrogens with zero attached hydrogens (tertiary/aromatic N) is 2. The van der Waals surface area contributed by atoms with Crippen LogP contribution in [0.15, 0.2) is 53.7 Å². The van der Waals surface area contributed by atoms with E-state index in [1.807, 2.05) is 54.4 Å². The normalized spacial score (nSPS) is 15.2. The summed E-state index contributed by atoms with van der Waals surface area (Å²) in [6.45, 7) is 2.72. The molecule has 0 bridgehead atoms. The number of fused-ring (bicyclic) bond motifs is 1. The fourth-order valence-corrected chi connectivity index (χ4v) is 4.69. The summed E-state index contributed by atoms with van der Waals surface area (Å²) in [5.74, 6) is 1.55. The molecule has 0 unspecified atom stereocenters. The number of piperidine rings is 1. The third-order valence-electron chi connectivity index (χ3n) is 5.37. The van der Waals surface area contributed by atoms with Crippen molar-refractivity contribution in [2.24, 2.45) is 5.92 Å². The first kappa shape index (κ1) is 19.0. The number of hydrogen-bond donors (Lipinski definition) is 2. The topological polar surface area (TPSA) is 61.0 Å². The van der Waals surface area contributed by atoms with Gasteiger partial charge in [0.2, 0.25) is 0 Å². The third kappa shape index (κ3) is 4.23. The number of hydrogen-bond acceptors (Lipinski definition) is 4. The first-order chi connectivity index (χ1) is 13.7. The standard InChI is InChI=1S/C22H26N4OS/c1-23-14-16-10-12-26(13-11-16)21(27)18-7-3-2-6-17(18)15-28-22-24-19-8-4-5-9-20(19)25-22/h2-9,16,23H,10-15H2,1H3,(H,24,25). The van der Waals surface area contributed by atoms with Crippen molar-refractivity contribution in [1.82, 2.24) is 20.2 Å². The molecule has 1 amide bonds. The molecule has 1 fully saturated rings. The molecule has 1 saturated heterocycles. The van der Waals surface area contributed by atoms with Gasteiger partial charge in [-0.1, -0.05) is 42.1 Å². The Morgan fingerprint density at radius 3 is 2.71 bits per heavy atom. The lowest BCUT2D eigenvalue weighted by molar-refractivity contribution is 0.0690. The highest BCUT2D eigenvalue weighted by Crippen LogP contribution is 2.26. The first-order valence-electron chi connectivity index (χ1n) is 9.84. The van der Waals surface area contributed by atoms with Crippen LogP contribution in [0.3, 0.4) is 0 Å². The predicted octanol–water partition coefficient (Wildman–Crippen LogP) is 3.93. The van der Waals surface area contributed by atoms with Crippen LogP contribution in [0.4, 0.5) is 0 Å². The van der Waals surface area contributed by atoms with E-state index < -0.39 is 0 Å². The molecular formula is C22H26N4OS. The smallest absolute Gasteiger partial charge is 0.254 e. The van der Waals surface area contributed by atoms with Crippen molar-refractivity contribution < 1.29 is 4.79 Å². The molecular weight excluding hydrogens is 368 g/mol. The van der Waals surface area contributed by atoms with Crippen molar-refractivity contribution in [2.45, 2.75) is 23.8 Å². The van der Waals surface area contributed by atoms with E-state index in [1.54, 1.807) is 11.8 Å². The molecule has 6 heteroatoms. The van der Waals surface area contributed by atoms with E-state index in [-0.39, 0.29) is 5.91 Å². The Kier molecular flexibility index (Phi) is 5.98. The van der Waals surface area contributed by atoms with Gasteiger partial charge in [-0.3, -0.25) is 4.79 Å². The lowest BCUT2D eigenvalue weighted by Crippen LogP contribution is -2.40. The quantitative estimate of drug-likeness (QED) is 0.622. The van der Waals surface area contributed by atoms with Gasteiger partial charge in [0.1, 0.15) is 0 Å². The molecule has 3 aromatic rings. The minimum Gasteiger partial charge on any atom is -0.339 e. The Morgan fingerprint density at radius 2 is 1.93 bits per heavy atom. The highest BCUT2D eigenvalue weighted by Gasteiger charge is 2.24. The molecule has 1 aromatic heterocycles. The van der Waals surface area contributed by atoms with Crippen molar-refractivity contribution >= 4 is 28.7 Å². The number of aromatic nitrogens is 2. The van der Waals surface area contributed by atoms with Crippen LogP contribution in [0.25, 0.3) is 11.0 Å². The zero-order valence-corrected chi connectivity index (χ0v) is 17.0. The van der Waals surface area contributed by atoms with Gasteiger partial charge in [-0.25, -0.2) is 4.98 Å². The Morgan fingerprint density at radius 1 is 1.18 bits per heavy atom. The van der Waals surface area contributed by atoms with Crippen LogP contribution < -0.4 is 5.32 Å². The molecule has 2 aromatic carbocycles. The predicted molar refractivity (Wildman–Crippen MR) is 115 cm³/mol. The van der Waals surface area contributed by atoms with Gasteiger partial charge >= 0.3 is 0 Å². The minimum absolute atomic E-state index is 0.156. The number of para-hydroxylation sites is 2. The summed E-state index contributed by atoms with van der Waals surface area (Å²) >= 11 is 1.64. The summed E-state index contributed by atoms with van der Waals surface area (Å²) in [4.78, 5) is 23.1. The van der Waals surface area contributed by atoms with Crippen LogP contribution in [-0.2, 0) is 5.75 Å². The number of imidazole rings is 1. The second kappa shape index (κ2) is 8.80. The maximum Gasteiger partial charge on any atom is 0.254 e. The molecule has 2 heterocycles. The van der Waals surface area contributed by atoms with E-state index in [1.165, 1.54) is 0 Å². The molecule has 0 atom stereocenters. The van der Waals surface area contributed by atoms with Crippen molar-refractivity contribution in [3.63, 3.8) is 0 Å². The SMILES string of the molecule is CNCC1CCN(C(=O)c2ccccc2CSc2nc3ccccc3[nH]2)CC1. The Labute approximate surface area is 169 Å². The summed E-state index contributed by atoms with van der Waals surface area (Å²) in [6.07, 6.45) is 2.14. The zero-order valence-electron chi connectivity index (χ0n) is 16.1. The summed E-state index contributed by atoms with van der Waals surface area (Å²) in [6, 6.07) is 16.0. The lowest BCUT2D eigenvalue weighted by atomic mass is 9.96. The monoisotopic (exact) mass is 394 g/mol. The molecule has 5 nitrogen and oxygen atoms in total. The van der Waals surface area contributed by atoms with Crippen molar-refractivity contribution in [1.29, 1.82) is 0 Å². The van der Waals surface area contributed by atoms with Crippen molar-refractivity contribution in [3.05, 3.63) is 59.7 Å². The number of benzene rings is 2. The van der Waals surface area contributed by atoms with E-state index in [2.05, 4.69) is 21.4 Å². The summed E-state index contributed by atoms with van der Waals surface area (Å²) < 4.78 is 0. The van der Waals surface area contributed by atoms with Crippen molar-refractivity contribution in [2.75, 3.05) is 26.7 Å². The second-order valence-electron chi connectivity index (χ2n) is 7.30. The molecule has 1 aliphatic rings. The number of H-pyrrole nitrogens is 1. The molecule has 146 valence electrons. The van der Waals surface area contributed by atoms with E-state index in [0.29, 0.717) is 5.92 Å². The molecule has 0 spiro atoms. The second-order valence-corrected chi connectivity index (χ2v) is 8.26. The first-order valence-corrected chi connectivity index (χ1v) is 10.8. The lowest BCUT2D eigenvalue weighted by Gasteiger charge is -2.32. The van der Waals surface area contributed by atoms with Gasteiger partial charge in [0, 0.05) is 24.4 Å². The van der Waals surface area contributed by atoms with Gasteiger partial charge in [-0.2, -0.15) is 0 Å². The summed E-state index contributed by atoms with van der Waals surface area (Å²) in [7, 11) is 1.99. The van der Waals surface area contributed by atoms with E-state index >= 15 is 0 Å². The number of carbonyl (C=O) groups is 1. The maximum absolute atomic E-state index is 13.1. The van der Waals surface area contributed by atoms with E-state index in [4.69, 9.17) is 0 Å². The molecule has 0 saturated carbocycles. The van der Waals surface area contributed by atoms with Crippen LogP contribution in [0.1, 0.15) is 28.8 Å². The maximum atomic E-state index is 13.1. The fourth-order valence-electron chi connectivity index (χ4n) is 3.80. The molecule has 2 N–H and O–H groups in total. The average molecular weight is 395 g/mol. The van der Waals surface area contributed by atoms with Gasteiger partial charge in [0.25, 0.3) is 5.91 Å². The minimum atomic E-state index is 0.156. The number of likely N-dealkylation sites (tertiary alicyclic amines) is 1. The third-order valence-corrected chi connectivity index (χ3v) is 6.30. The van der Waals surface area contributed by atoms with Gasteiger partial charge in [0.15, 0.2) is 5.16 Å². The number of rotatable bonds is 6. The number of carbonyl (C=O) groups excluding carboxylic acids is 1. The van der Waals surface area contributed by atoms with Crippen LogP contribution in [-0.4, -0.2) is 47.5 Å². The fraction of sp³-hybridized carbons (Fsp3) is 0.364. The molecule has 28 heavy (non-hydrogen) atoms. The molecule has 4 rings (SSSR count). The Hall–Kier alpha value is -2.31. The zero-order chi connectivity index (χ0) is 19.3. The summed E-state index contributed by atoms with van der Waals surface area (Å²) in [5, 5.41) is 4.13.